The highest BCUT2D eigenvalue weighted by Gasteiger charge is 2.46. The van der Waals surface area contributed by atoms with Gasteiger partial charge in [-0.2, -0.15) is 4.31 Å². The minimum absolute atomic E-state index is 0.328. The maximum absolute atomic E-state index is 13.2. The Hall–Kier alpha value is -0.920. The number of hydrogen-bond acceptors (Lipinski definition) is 2. The summed E-state index contributed by atoms with van der Waals surface area (Å²) in [7, 11) is -3.47. The molecule has 0 saturated carbocycles. The zero-order chi connectivity index (χ0) is 17.2. The van der Waals surface area contributed by atoms with Crippen molar-refractivity contribution < 1.29 is 8.42 Å². The Morgan fingerprint density at radius 3 is 2.38 bits per heavy atom. The summed E-state index contributed by atoms with van der Waals surface area (Å²) in [4.78, 5) is 0.400. The molecule has 128 valence electrons. The molecule has 24 heavy (non-hydrogen) atoms. The molecule has 0 radical (unpaired) electrons. The highest BCUT2D eigenvalue weighted by atomic mass is 127. The van der Waals surface area contributed by atoms with E-state index in [4.69, 9.17) is 0 Å². The summed E-state index contributed by atoms with van der Waals surface area (Å²) in [5.41, 5.74) is 1.94. The summed E-state index contributed by atoms with van der Waals surface area (Å²) in [5, 5.41) is 0. The molecule has 0 aromatic heterocycles. The lowest BCUT2D eigenvalue weighted by molar-refractivity contribution is 0.273. The summed E-state index contributed by atoms with van der Waals surface area (Å²) in [6.07, 6.45) is 2.60. The summed E-state index contributed by atoms with van der Waals surface area (Å²) in [6, 6.07) is 17.4. The fourth-order valence-electron chi connectivity index (χ4n) is 3.46. The van der Waals surface area contributed by atoms with Crippen LogP contribution in [0.3, 0.4) is 0 Å². The molecule has 1 aliphatic heterocycles. The van der Waals surface area contributed by atoms with Gasteiger partial charge in [0.1, 0.15) is 0 Å². The lowest BCUT2D eigenvalue weighted by atomic mass is 9.91. The van der Waals surface area contributed by atoms with Crippen molar-refractivity contribution in [2.45, 2.75) is 36.6 Å². The largest absolute Gasteiger partial charge is 0.243 e. The molecule has 1 saturated heterocycles. The highest BCUT2D eigenvalue weighted by Crippen LogP contribution is 2.38. The van der Waals surface area contributed by atoms with Crippen LogP contribution in [0.1, 0.15) is 24.0 Å². The Labute approximate surface area is 158 Å². The molecule has 1 unspecified atom stereocenters. The van der Waals surface area contributed by atoms with E-state index in [9.17, 15) is 8.42 Å². The second kappa shape index (κ2) is 7.14. The molecule has 5 heteroatoms. The number of nitrogens with zero attached hydrogens (tertiary/aromatic N) is 1. The number of sulfonamides is 1. The number of halogens is 1. The third-order valence-electron chi connectivity index (χ3n) is 4.77. The van der Waals surface area contributed by atoms with Crippen molar-refractivity contribution in [3.63, 3.8) is 0 Å². The zero-order valence-electron chi connectivity index (χ0n) is 13.8. The molecule has 1 atom stereocenters. The minimum atomic E-state index is -3.47. The smallest absolute Gasteiger partial charge is 0.207 e. The number of alkyl halides is 1. The zero-order valence-corrected chi connectivity index (χ0v) is 16.8. The van der Waals surface area contributed by atoms with E-state index >= 15 is 0 Å². The first-order chi connectivity index (χ1) is 11.5. The quantitative estimate of drug-likeness (QED) is 0.501. The molecule has 2 aromatic rings. The van der Waals surface area contributed by atoms with Crippen LogP contribution in [0.2, 0.25) is 0 Å². The van der Waals surface area contributed by atoms with Gasteiger partial charge in [0.2, 0.25) is 10.0 Å². The summed E-state index contributed by atoms with van der Waals surface area (Å²) in [6.45, 7) is 2.57. The Morgan fingerprint density at radius 1 is 1.08 bits per heavy atom. The molecule has 1 heterocycles. The fourth-order valence-corrected chi connectivity index (χ4v) is 6.59. The van der Waals surface area contributed by atoms with Crippen LogP contribution in [-0.4, -0.2) is 29.2 Å². The molecule has 0 spiro atoms. The third-order valence-corrected chi connectivity index (χ3v) is 8.20. The van der Waals surface area contributed by atoms with Crippen molar-refractivity contribution in [1.29, 1.82) is 0 Å². The molecular formula is C19H22INO2S. The predicted octanol–water partition coefficient (Wildman–Crippen LogP) is 4.20. The van der Waals surface area contributed by atoms with E-state index in [0.29, 0.717) is 11.4 Å². The van der Waals surface area contributed by atoms with Gasteiger partial charge in [-0.15, -0.1) is 0 Å². The summed E-state index contributed by atoms with van der Waals surface area (Å²) < 4.78 is 29.0. The van der Waals surface area contributed by atoms with Crippen molar-refractivity contribution >= 4 is 32.6 Å². The molecular weight excluding hydrogens is 433 g/mol. The first-order valence-electron chi connectivity index (χ1n) is 8.17. The number of benzene rings is 2. The van der Waals surface area contributed by atoms with E-state index in [0.717, 1.165) is 29.3 Å². The third kappa shape index (κ3) is 3.39. The maximum Gasteiger partial charge on any atom is 0.243 e. The standard InChI is InChI=1S/C19H22INO2S/c1-16-8-10-18(11-9-16)24(22,23)21-13-5-12-19(21,15-20)14-17-6-3-2-4-7-17/h2-4,6-11H,5,12-15H2,1H3. The van der Waals surface area contributed by atoms with E-state index < -0.39 is 10.0 Å². The monoisotopic (exact) mass is 455 g/mol. The normalized spacial score (nSPS) is 21.9. The Morgan fingerprint density at radius 2 is 1.75 bits per heavy atom. The van der Waals surface area contributed by atoms with Gasteiger partial charge < -0.3 is 0 Å². The van der Waals surface area contributed by atoms with Crippen molar-refractivity contribution in [3.8, 4) is 0 Å². The van der Waals surface area contributed by atoms with Crippen molar-refractivity contribution in [2.24, 2.45) is 0 Å². The SMILES string of the molecule is Cc1ccc(S(=O)(=O)N2CCCC2(CI)Cc2ccccc2)cc1. The second-order valence-corrected chi connectivity index (χ2v) is 9.14. The van der Waals surface area contributed by atoms with E-state index in [1.54, 1.807) is 16.4 Å². The van der Waals surface area contributed by atoms with Crippen LogP contribution < -0.4 is 0 Å². The van der Waals surface area contributed by atoms with Gasteiger partial charge in [-0.3, -0.25) is 0 Å². The van der Waals surface area contributed by atoms with Crippen molar-refractivity contribution in [1.82, 2.24) is 4.31 Å². The first kappa shape index (κ1) is 17.9. The molecule has 3 rings (SSSR count). The van der Waals surface area contributed by atoms with Crippen LogP contribution in [-0.2, 0) is 16.4 Å². The number of rotatable bonds is 5. The molecule has 0 aliphatic carbocycles. The van der Waals surface area contributed by atoms with Gasteiger partial charge >= 0.3 is 0 Å². The van der Waals surface area contributed by atoms with Gasteiger partial charge in [-0.1, -0.05) is 70.6 Å². The molecule has 0 bridgehead atoms. The molecule has 1 fully saturated rings. The first-order valence-corrected chi connectivity index (χ1v) is 11.1. The van der Waals surface area contributed by atoms with Crippen LogP contribution in [0.5, 0.6) is 0 Å². The van der Waals surface area contributed by atoms with E-state index in [1.807, 2.05) is 37.3 Å². The molecule has 0 N–H and O–H groups in total. The molecule has 1 aliphatic rings. The van der Waals surface area contributed by atoms with Crippen LogP contribution in [0.15, 0.2) is 59.5 Å². The lowest BCUT2D eigenvalue weighted by Crippen LogP contribution is -2.50. The Bertz CT molecular complexity index is 790. The van der Waals surface area contributed by atoms with Crippen molar-refractivity contribution in [2.75, 3.05) is 11.0 Å². The van der Waals surface area contributed by atoms with E-state index in [1.165, 1.54) is 5.56 Å². The highest BCUT2D eigenvalue weighted by molar-refractivity contribution is 14.1. The average Bonchev–Trinajstić information content (AvgIpc) is 3.01. The minimum Gasteiger partial charge on any atom is -0.207 e. The van der Waals surface area contributed by atoms with Crippen LogP contribution in [0.4, 0.5) is 0 Å². The number of hydrogen-bond donors (Lipinski definition) is 0. The molecule has 3 nitrogen and oxygen atoms in total. The summed E-state index contributed by atoms with van der Waals surface area (Å²) in [5.74, 6) is 0. The lowest BCUT2D eigenvalue weighted by Gasteiger charge is -2.36. The van der Waals surface area contributed by atoms with Gasteiger partial charge in [-0.05, 0) is 43.9 Å². The Kier molecular flexibility index (Phi) is 5.32. The van der Waals surface area contributed by atoms with Crippen LogP contribution >= 0.6 is 22.6 Å². The van der Waals surface area contributed by atoms with Gasteiger partial charge in [0.25, 0.3) is 0 Å². The van der Waals surface area contributed by atoms with E-state index in [-0.39, 0.29) is 5.54 Å². The Balaban J connectivity index is 1.97. The average molecular weight is 455 g/mol. The summed E-state index contributed by atoms with van der Waals surface area (Å²) >= 11 is 2.34. The molecule has 2 aromatic carbocycles. The van der Waals surface area contributed by atoms with Crippen LogP contribution in [0.25, 0.3) is 0 Å². The maximum atomic E-state index is 13.2. The van der Waals surface area contributed by atoms with Gasteiger partial charge in [0.05, 0.1) is 4.90 Å². The number of aryl methyl sites for hydroxylation is 1. The van der Waals surface area contributed by atoms with E-state index in [2.05, 4.69) is 34.7 Å². The van der Waals surface area contributed by atoms with Crippen molar-refractivity contribution in [3.05, 3.63) is 65.7 Å². The van der Waals surface area contributed by atoms with Gasteiger partial charge in [0.15, 0.2) is 0 Å². The topological polar surface area (TPSA) is 37.4 Å². The second-order valence-electron chi connectivity index (χ2n) is 6.51. The van der Waals surface area contributed by atoms with Gasteiger partial charge in [-0.25, -0.2) is 8.42 Å². The molecule has 0 amide bonds. The fraction of sp³-hybridized carbons (Fsp3) is 0.368. The van der Waals surface area contributed by atoms with Crippen LogP contribution in [0, 0.1) is 6.92 Å². The predicted molar refractivity (Wildman–Crippen MR) is 106 cm³/mol. The van der Waals surface area contributed by atoms with Gasteiger partial charge in [0, 0.05) is 16.5 Å².